The number of anilines is 1. The molecule has 0 spiro atoms. The number of aromatic nitrogens is 2. The molecule has 0 aliphatic heterocycles. The first kappa shape index (κ1) is 13.2. The lowest BCUT2D eigenvalue weighted by atomic mass is 10.3. The lowest BCUT2D eigenvalue weighted by molar-refractivity contribution is -0.119. The maximum atomic E-state index is 11.5. The molecule has 0 bridgehead atoms. The number of esters is 1. The normalized spacial score (nSPS) is 10.1. The number of nitrogens with one attached hydrogen (secondary N) is 1. The minimum Gasteiger partial charge on any atom is -0.464 e. The Morgan fingerprint density at radius 1 is 1.41 bits per heavy atom. The Bertz CT molecular complexity index is 439. The Morgan fingerprint density at radius 3 is 2.59 bits per heavy atom. The topological polar surface area (TPSA) is 82.4 Å². The summed E-state index contributed by atoms with van der Waals surface area (Å²) in [5.74, 6) is -0.949. The van der Waals surface area contributed by atoms with Gasteiger partial charge in [0, 0.05) is 14.2 Å². The lowest BCUT2D eigenvalue weighted by Crippen LogP contribution is -2.19. The van der Waals surface area contributed by atoms with E-state index in [1.807, 2.05) is 0 Å². The average molecular weight is 241 g/mol. The first-order valence-corrected chi connectivity index (χ1v) is 4.92. The van der Waals surface area contributed by atoms with Gasteiger partial charge in [-0.3, -0.25) is 9.48 Å². The molecule has 1 amide bonds. The smallest absolute Gasteiger partial charge is 0.360 e. The first-order chi connectivity index (χ1) is 8.01. The molecule has 0 radical (unpaired) electrons. The molecule has 1 aromatic heterocycles. The van der Waals surface area contributed by atoms with E-state index >= 15 is 0 Å². The lowest BCUT2D eigenvalue weighted by Gasteiger charge is -2.05. The van der Waals surface area contributed by atoms with Gasteiger partial charge in [0.05, 0.1) is 18.5 Å². The Balaban J connectivity index is 3.04. The minimum atomic E-state index is -0.596. The van der Waals surface area contributed by atoms with Gasteiger partial charge in [0.1, 0.15) is 6.61 Å². The summed E-state index contributed by atoms with van der Waals surface area (Å²) in [4.78, 5) is 22.9. The van der Waals surface area contributed by atoms with Crippen molar-refractivity contribution >= 4 is 17.6 Å². The van der Waals surface area contributed by atoms with Crippen LogP contribution in [0, 0.1) is 6.92 Å². The van der Waals surface area contributed by atoms with E-state index in [1.165, 1.54) is 18.9 Å². The molecular formula is C10H15N3O4. The maximum absolute atomic E-state index is 11.5. The van der Waals surface area contributed by atoms with Crippen LogP contribution >= 0.6 is 0 Å². The van der Waals surface area contributed by atoms with Crippen LogP contribution < -0.4 is 5.32 Å². The number of ether oxygens (including phenoxy) is 2. The minimum absolute atomic E-state index is 0.0805. The third-order valence-electron chi connectivity index (χ3n) is 2.25. The summed E-state index contributed by atoms with van der Waals surface area (Å²) in [5.41, 5.74) is 1.09. The number of hydrogen-bond donors (Lipinski definition) is 1. The fraction of sp³-hybridized carbons (Fsp3) is 0.500. The number of carbonyl (C=O) groups excluding carboxylic acids is 2. The molecule has 7 heteroatoms. The number of amides is 1. The van der Waals surface area contributed by atoms with Crippen LogP contribution in [0.25, 0.3) is 0 Å². The van der Waals surface area contributed by atoms with Gasteiger partial charge in [-0.05, 0) is 6.92 Å². The third-order valence-corrected chi connectivity index (χ3v) is 2.25. The third kappa shape index (κ3) is 2.82. The predicted molar refractivity (Wildman–Crippen MR) is 59.8 cm³/mol. The number of rotatable bonds is 4. The Morgan fingerprint density at radius 2 is 2.06 bits per heavy atom. The van der Waals surface area contributed by atoms with Crippen molar-refractivity contribution in [2.24, 2.45) is 7.05 Å². The van der Waals surface area contributed by atoms with Crippen molar-refractivity contribution in [3.8, 4) is 0 Å². The highest BCUT2D eigenvalue weighted by Gasteiger charge is 2.21. The van der Waals surface area contributed by atoms with Crippen LogP contribution in [-0.2, 0) is 21.3 Å². The second kappa shape index (κ2) is 5.44. The fourth-order valence-corrected chi connectivity index (χ4v) is 1.30. The summed E-state index contributed by atoms with van der Waals surface area (Å²) in [6, 6.07) is 0. The van der Waals surface area contributed by atoms with E-state index < -0.39 is 5.97 Å². The van der Waals surface area contributed by atoms with Crippen LogP contribution in [0.15, 0.2) is 0 Å². The van der Waals surface area contributed by atoms with Gasteiger partial charge < -0.3 is 14.8 Å². The molecule has 0 saturated heterocycles. The van der Waals surface area contributed by atoms with E-state index in [9.17, 15) is 9.59 Å². The molecule has 94 valence electrons. The predicted octanol–water partition coefficient (Wildman–Crippen LogP) is 0.100. The standard InChI is InChI=1S/C10H15N3O4/c1-6-8(11-7(14)5-16-3)9(10(15)17-4)12-13(6)2/h5H2,1-4H3,(H,11,14). The van der Waals surface area contributed by atoms with E-state index in [0.29, 0.717) is 11.4 Å². The molecular weight excluding hydrogens is 226 g/mol. The van der Waals surface area contributed by atoms with Crippen molar-refractivity contribution in [3.63, 3.8) is 0 Å². The van der Waals surface area contributed by atoms with Crippen molar-refractivity contribution in [1.82, 2.24) is 9.78 Å². The molecule has 1 N–H and O–H groups in total. The van der Waals surface area contributed by atoms with Gasteiger partial charge >= 0.3 is 5.97 Å². The number of methoxy groups -OCH3 is 2. The van der Waals surface area contributed by atoms with Gasteiger partial charge in [0.15, 0.2) is 5.69 Å². The molecule has 0 saturated carbocycles. The van der Waals surface area contributed by atoms with E-state index in [2.05, 4.69) is 15.2 Å². The van der Waals surface area contributed by atoms with Crippen molar-refractivity contribution in [1.29, 1.82) is 0 Å². The van der Waals surface area contributed by atoms with Crippen molar-refractivity contribution in [2.75, 3.05) is 26.1 Å². The number of carbonyl (C=O) groups is 2. The Kier molecular flexibility index (Phi) is 4.22. The average Bonchev–Trinajstić information content (AvgIpc) is 2.57. The molecule has 7 nitrogen and oxygen atoms in total. The van der Waals surface area contributed by atoms with Crippen molar-refractivity contribution in [3.05, 3.63) is 11.4 Å². The van der Waals surface area contributed by atoms with Gasteiger partial charge in [-0.1, -0.05) is 0 Å². The van der Waals surface area contributed by atoms with Crippen molar-refractivity contribution < 1.29 is 19.1 Å². The monoisotopic (exact) mass is 241 g/mol. The van der Waals surface area contributed by atoms with Gasteiger partial charge in [-0.2, -0.15) is 5.10 Å². The molecule has 0 aromatic carbocycles. The largest absolute Gasteiger partial charge is 0.464 e. The van der Waals surface area contributed by atoms with E-state index in [-0.39, 0.29) is 18.2 Å². The Labute approximate surface area is 98.7 Å². The van der Waals surface area contributed by atoms with Crippen LogP contribution in [0.2, 0.25) is 0 Å². The molecule has 0 aliphatic carbocycles. The zero-order valence-electron chi connectivity index (χ0n) is 10.2. The maximum Gasteiger partial charge on any atom is 0.360 e. The summed E-state index contributed by atoms with van der Waals surface area (Å²) in [5, 5.41) is 6.55. The zero-order chi connectivity index (χ0) is 13.0. The SMILES string of the molecule is COCC(=O)Nc1c(C(=O)OC)nn(C)c1C. The van der Waals surface area contributed by atoms with E-state index in [0.717, 1.165) is 0 Å². The number of hydrogen-bond acceptors (Lipinski definition) is 5. The highest BCUT2D eigenvalue weighted by atomic mass is 16.5. The second-order valence-corrected chi connectivity index (χ2v) is 3.41. The van der Waals surface area contributed by atoms with Gasteiger partial charge in [0.25, 0.3) is 0 Å². The zero-order valence-corrected chi connectivity index (χ0v) is 10.2. The van der Waals surface area contributed by atoms with Crippen LogP contribution in [0.4, 0.5) is 5.69 Å². The molecule has 0 unspecified atom stereocenters. The second-order valence-electron chi connectivity index (χ2n) is 3.41. The fourth-order valence-electron chi connectivity index (χ4n) is 1.30. The van der Waals surface area contributed by atoms with Crippen molar-refractivity contribution in [2.45, 2.75) is 6.92 Å². The van der Waals surface area contributed by atoms with Crippen LogP contribution in [-0.4, -0.2) is 42.5 Å². The molecule has 1 heterocycles. The number of aryl methyl sites for hydroxylation is 1. The number of nitrogens with zero attached hydrogens (tertiary/aromatic N) is 2. The highest BCUT2D eigenvalue weighted by molar-refractivity contribution is 6.01. The van der Waals surface area contributed by atoms with E-state index in [1.54, 1.807) is 14.0 Å². The molecule has 1 aromatic rings. The summed E-state index contributed by atoms with van der Waals surface area (Å²) < 4.78 is 10.8. The quantitative estimate of drug-likeness (QED) is 0.756. The van der Waals surface area contributed by atoms with Crippen LogP contribution in [0.3, 0.4) is 0 Å². The first-order valence-electron chi connectivity index (χ1n) is 4.92. The summed E-state index contributed by atoms with van der Waals surface area (Å²) in [7, 11) is 4.34. The van der Waals surface area contributed by atoms with Crippen LogP contribution in [0.5, 0.6) is 0 Å². The summed E-state index contributed by atoms with van der Waals surface area (Å²) in [6.07, 6.45) is 0. The Hall–Kier alpha value is -1.89. The molecule has 0 atom stereocenters. The summed E-state index contributed by atoms with van der Waals surface area (Å²) >= 11 is 0. The van der Waals surface area contributed by atoms with E-state index in [4.69, 9.17) is 4.74 Å². The van der Waals surface area contributed by atoms with Gasteiger partial charge in [0.2, 0.25) is 5.91 Å². The van der Waals surface area contributed by atoms with Gasteiger partial charge in [-0.25, -0.2) is 4.79 Å². The summed E-state index contributed by atoms with van der Waals surface area (Å²) in [6.45, 7) is 1.65. The molecule has 0 aliphatic rings. The molecule has 17 heavy (non-hydrogen) atoms. The van der Waals surface area contributed by atoms with Gasteiger partial charge in [-0.15, -0.1) is 0 Å². The van der Waals surface area contributed by atoms with Crippen LogP contribution in [0.1, 0.15) is 16.2 Å². The molecule has 1 rings (SSSR count). The highest BCUT2D eigenvalue weighted by Crippen LogP contribution is 2.20. The molecule has 0 fully saturated rings.